The van der Waals surface area contributed by atoms with Gasteiger partial charge in [-0.2, -0.15) is 5.10 Å². The van der Waals surface area contributed by atoms with Gasteiger partial charge in [-0.15, -0.1) is 0 Å². The van der Waals surface area contributed by atoms with E-state index in [1.165, 1.54) is 12.7 Å². The number of halogens is 1. The summed E-state index contributed by atoms with van der Waals surface area (Å²) in [7, 11) is 0. The first-order valence-corrected chi connectivity index (χ1v) is 11.9. The SMILES string of the molecule is Clc1ccc(C=NNc2ncnc3c(Nc4cccc(OCCN5CCOCC5)c4)ncnc23)cc1. The van der Waals surface area contributed by atoms with Crippen LogP contribution in [0, 0.1) is 0 Å². The predicted octanol–water partition coefficient (Wildman–Crippen LogP) is 3.97. The molecule has 2 N–H and O–H groups in total. The maximum atomic E-state index is 5.97. The lowest BCUT2D eigenvalue weighted by Gasteiger charge is -2.26. The zero-order valence-electron chi connectivity index (χ0n) is 19.5. The van der Waals surface area contributed by atoms with Gasteiger partial charge in [0.1, 0.15) is 36.0 Å². The second-order valence-corrected chi connectivity index (χ2v) is 8.46. The third-order valence-corrected chi connectivity index (χ3v) is 5.80. The minimum Gasteiger partial charge on any atom is -0.492 e. The highest BCUT2D eigenvalue weighted by atomic mass is 35.5. The topological polar surface area (TPSA) is 110 Å². The van der Waals surface area contributed by atoms with Gasteiger partial charge in [-0.1, -0.05) is 29.8 Å². The molecule has 5 rings (SSSR count). The predicted molar refractivity (Wildman–Crippen MR) is 140 cm³/mol. The molecule has 1 aliphatic rings. The molecule has 1 fully saturated rings. The zero-order valence-corrected chi connectivity index (χ0v) is 20.2. The maximum absolute atomic E-state index is 5.97. The van der Waals surface area contributed by atoms with Gasteiger partial charge in [0.2, 0.25) is 0 Å². The van der Waals surface area contributed by atoms with Gasteiger partial charge in [0, 0.05) is 36.4 Å². The Morgan fingerprint density at radius 3 is 2.53 bits per heavy atom. The molecule has 2 aromatic heterocycles. The van der Waals surface area contributed by atoms with E-state index in [0.717, 1.165) is 49.8 Å². The number of hydrogen-bond donors (Lipinski definition) is 2. The first kappa shape index (κ1) is 23.9. The van der Waals surface area contributed by atoms with E-state index in [1.54, 1.807) is 18.3 Å². The molecule has 0 bridgehead atoms. The minimum atomic E-state index is 0.468. The van der Waals surface area contributed by atoms with Crippen LogP contribution in [-0.4, -0.2) is 70.5 Å². The molecule has 11 heteroatoms. The Morgan fingerprint density at radius 1 is 0.972 bits per heavy atom. The van der Waals surface area contributed by atoms with Crippen LogP contribution in [-0.2, 0) is 4.74 Å². The Hall–Kier alpha value is -3.86. The van der Waals surface area contributed by atoms with Crippen molar-refractivity contribution in [3.05, 3.63) is 71.8 Å². The van der Waals surface area contributed by atoms with Gasteiger partial charge in [0.15, 0.2) is 11.6 Å². The monoisotopic (exact) mass is 504 g/mol. The summed E-state index contributed by atoms with van der Waals surface area (Å²) in [5, 5.41) is 8.25. The summed E-state index contributed by atoms with van der Waals surface area (Å²) in [6, 6.07) is 15.1. The van der Waals surface area contributed by atoms with Gasteiger partial charge in [0.25, 0.3) is 0 Å². The Balaban J connectivity index is 1.26. The standard InChI is InChI=1S/C25H25ClN8O2/c26-19-6-4-18(5-7-19)15-31-33-25-23-22(27-17-30-25)24(29-16-28-23)32-20-2-1-3-21(14-20)36-13-10-34-8-11-35-12-9-34/h1-7,14-17H,8-13H2,(H,27,30,33)(H,28,29,32). The molecule has 10 nitrogen and oxygen atoms in total. The number of ether oxygens (including phenoxy) is 2. The summed E-state index contributed by atoms with van der Waals surface area (Å²) >= 11 is 5.93. The van der Waals surface area contributed by atoms with Crippen molar-refractivity contribution in [3.8, 4) is 5.75 Å². The van der Waals surface area contributed by atoms with Gasteiger partial charge in [0.05, 0.1) is 19.4 Å². The lowest BCUT2D eigenvalue weighted by Crippen LogP contribution is -2.38. The summed E-state index contributed by atoms with van der Waals surface area (Å²) in [5.41, 5.74) is 5.77. The van der Waals surface area contributed by atoms with E-state index in [-0.39, 0.29) is 0 Å². The molecular weight excluding hydrogens is 480 g/mol. The average molecular weight is 505 g/mol. The third-order valence-electron chi connectivity index (χ3n) is 5.55. The normalized spacial score (nSPS) is 14.2. The van der Waals surface area contributed by atoms with Crippen LogP contribution >= 0.6 is 11.6 Å². The molecule has 184 valence electrons. The minimum absolute atomic E-state index is 0.468. The van der Waals surface area contributed by atoms with Crippen LogP contribution < -0.4 is 15.5 Å². The van der Waals surface area contributed by atoms with Crippen LogP contribution in [0.25, 0.3) is 11.0 Å². The van der Waals surface area contributed by atoms with Crippen molar-refractivity contribution in [3.63, 3.8) is 0 Å². The van der Waals surface area contributed by atoms with Gasteiger partial charge < -0.3 is 14.8 Å². The van der Waals surface area contributed by atoms with Crippen LogP contribution in [0.15, 0.2) is 66.3 Å². The number of aromatic nitrogens is 4. The van der Waals surface area contributed by atoms with Gasteiger partial charge in [-0.3, -0.25) is 10.3 Å². The Labute approximate surface area is 213 Å². The quantitative estimate of drug-likeness (QED) is 0.258. The first-order valence-electron chi connectivity index (χ1n) is 11.5. The summed E-state index contributed by atoms with van der Waals surface area (Å²) < 4.78 is 11.4. The highest BCUT2D eigenvalue weighted by Gasteiger charge is 2.12. The van der Waals surface area contributed by atoms with Gasteiger partial charge >= 0.3 is 0 Å². The number of nitrogens with one attached hydrogen (secondary N) is 2. The van der Waals surface area contributed by atoms with Crippen LogP contribution in [0.3, 0.4) is 0 Å². The van der Waals surface area contributed by atoms with Crippen LogP contribution in [0.4, 0.5) is 17.3 Å². The number of benzene rings is 2. The van der Waals surface area contributed by atoms with Crippen molar-refractivity contribution < 1.29 is 9.47 Å². The van der Waals surface area contributed by atoms with Crippen molar-refractivity contribution in [2.75, 3.05) is 50.2 Å². The van der Waals surface area contributed by atoms with E-state index < -0.39 is 0 Å². The molecule has 1 saturated heterocycles. The molecule has 3 heterocycles. The van der Waals surface area contributed by atoms with E-state index in [1.807, 2.05) is 36.4 Å². The number of nitrogens with zero attached hydrogens (tertiary/aromatic N) is 6. The number of morpholine rings is 1. The second-order valence-electron chi connectivity index (χ2n) is 8.02. The number of anilines is 3. The summed E-state index contributed by atoms with van der Waals surface area (Å²) in [6.07, 6.45) is 4.59. The molecular formula is C25H25ClN8O2. The molecule has 2 aromatic carbocycles. The van der Waals surface area contributed by atoms with Gasteiger partial charge in [-0.05, 0) is 29.8 Å². The molecule has 0 spiro atoms. The average Bonchev–Trinajstić information content (AvgIpc) is 2.91. The van der Waals surface area contributed by atoms with E-state index in [2.05, 4.69) is 40.7 Å². The molecule has 0 saturated carbocycles. The lowest BCUT2D eigenvalue weighted by atomic mass is 10.2. The van der Waals surface area contributed by atoms with Crippen molar-refractivity contribution in [1.29, 1.82) is 0 Å². The molecule has 1 aliphatic heterocycles. The highest BCUT2D eigenvalue weighted by Crippen LogP contribution is 2.26. The highest BCUT2D eigenvalue weighted by molar-refractivity contribution is 6.30. The molecule has 0 unspecified atom stereocenters. The number of hydrogen-bond acceptors (Lipinski definition) is 10. The Morgan fingerprint density at radius 2 is 1.72 bits per heavy atom. The molecule has 0 radical (unpaired) electrons. The number of hydrazone groups is 1. The van der Waals surface area contributed by atoms with E-state index in [9.17, 15) is 0 Å². The smallest absolute Gasteiger partial charge is 0.176 e. The van der Waals surface area contributed by atoms with E-state index in [4.69, 9.17) is 21.1 Å². The van der Waals surface area contributed by atoms with E-state index >= 15 is 0 Å². The second kappa shape index (κ2) is 11.7. The molecule has 0 amide bonds. The van der Waals surface area contributed by atoms with Crippen molar-refractivity contribution >= 4 is 46.2 Å². The largest absolute Gasteiger partial charge is 0.492 e. The Kier molecular flexibility index (Phi) is 7.76. The van der Waals surface area contributed by atoms with Crippen molar-refractivity contribution in [2.45, 2.75) is 0 Å². The Bertz CT molecular complexity index is 1330. The summed E-state index contributed by atoms with van der Waals surface area (Å²) in [6.45, 7) is 4.92. The maximum Gasteiger partial charge on any atom is 0.176 e. The molecule has 4 aromatic rings. The van der Waals surface area contributed by atoms with Crippen molar-refractivity contribution in [1.82, 2.24) is 24.8 Å². The van der Waals surface area contributed by atoms with Crippen molar-refractivity contribution in [2.24, 2.45) is 5.10 Å². The van der Waals surface area contributed by atoms with Crippen LogP contribution in [0.5, 0.6) is 5.75 Å². The fourth-order valence-corrected chi connectivity index (χ4v) is 3.81. The fourth-order valence-electron chi connectivity index (χ4n) is 3.69. The van der Waals surface area contributed by atoms with Crippen LogP contribution in [0.2, 0.25) is 5.02 Å². The molecule has 0 atom stereocenters. The lowest BCUT2D eigenvalue weighted by molar-refractivity contribution is 0.0322. The summed E-state index contributed by atoms with van der Waals surface area (Å²) in [4.78, 5) is 19.7. The molecule has 36 heavy (non-hydrogen) atoms. The third kappa shape index (κ3) is 6.22. The van der Waals surface area contributed by atoms with E-state index in [0.29, 0.717) is 34.3 Å². The van der Waals surface area contributed by atoms with Crippen LogP contribution in [0.1, 0.15) is 5.56 Å². The molecule has 0 aliphatic carbocycles. The summed E-state index contributed by atoms with van der Waals surface area (Å²) in [5.74, 6) is 1.80. The first-order chi connectivity index (χ1) is 17.7. The van der Waals surface area contributed by atoms with Gasteiger partial charge in [-0.25, -0.2) is 19.9 Å². The number of rotatable bonds is 9. The number of fused-ring (bicyclic) bond motifs is 1. The fraction of sp³-hybridized carbons (Fsp3) is 0.240. The zero-order chi connectivity index (χ0) is 24.6.